The first-order chi connectivity index (χ1) is 7.58. The first kappa shape index (κ1) is 9.02. The average molecular weight is 218 g/mol. The lowest BCUT2D eigenvalue weighted by atomic mass is 10.3. The van der Waals surface area contributed by atoms with Crippen molar-refractivity contribution in [3.63, 3.8) is 0 Å². The molecule has 0 fully saturated rings. The fraction of sp³-hybridized carbons (Fsp3) is 0.200. The summed E-state index contributed by atoms with van der Waals surface area (Å²) in [4.78, 5) is 30.9. The van der Waals surface area contributed by atoms with E-state index >= 15 is 0 Å². The molecule has 16 heavy (non-hydrogen) atoms. The summed E-state index contributed by atoms with van der Waals surface area (Å²) in [5, 5.41) is 0.630. The van der Waals surface area contributed by atoms with Crippen LogP contribution < -0.4 is 10.7 Å². The van der Waals surface area contributed by atoms with E-state index < -0.39 is 11.9 Å². The van der Waals surface area contributed by atoms with E-state index in [4.69, 9.17) is 9.47 Å². The molecule has 0 spiro atoms. The van der Waals surface area contributed by atoms with Gasteiger partial charge in [-0.1, -0.05) is 0 Å². The Morgan fingerprint density at radius 2 is 1.19 bits per heavy atom. The summed E-state index contributed by atoms with van der Waals surface area (Å²) in [7, 11) is 0. The molecule has 2 aliphatic rings. The topological polar surface area (TPSA) is 78.4 Å². The van der Waals surface area contributed by atoms with E-state index in [1.807, 2.05) is 0 Å². The minimum Gasteiger partial charge on any atom is -0.424 e. The number of rotatable bonds is 0. The normalized spacial score (nSPS) is 17.1. The number of nitrogens with zero attached hydrogens (tertiary/aromatic N) is 2. The standard InChI is InChI=1S/C10H6N2O4/c1-3-5-7(9(13)15-3)12-6-4(2)16-10(14)8(6)11-5/h1-2H3. The van der Waals surface area contributed by atoms with Crippen molar-refractivity contribution in [1.82, 2.24) is 9.97 Å². The van der Waals surface area contributed by atoms with Crippen LogP contribution in [0.25, 0.3) is 11.5 Å². The van der Waals surface area contributed by atoms with Crippen LogP contribution in [0.5, 0.6) is 0 Å². The molecular formula is C10H6N2O4. The van der Waals surface area contributed by atoms with Crippen molar-refractivity contribution in [1.29, 1.82) is 0 Å². The van der Waals surface area contributed by atoms with Gasteiger partial charge in [0.25, 0.3) is 0 Å². The van der Waals surface area contributed by atoms with E-state index in [0.29, 0.717) is 22.2 Å². The number of hydrogen-bond acceptors (Lipinski definition) is 6. The minimum atomic E-state index is -0.546. The van der Waals surface area contributed by atoms with E-state index in [1.54, 1.807) is 13.8 Å². The smallest absolute Gasteiger partial charge is 0.364 e. The molecule has 0 saturated heterocycles. The zero-order valence-electron chi connectivity index (χ0n) is 8.53. The van der Waals surface area contributed by atoms with Crippen molar-refractivity contribution < 1.29 is 19.1 Å². The molecule has 0 radical (unpaired) electrons. The summed E-state index contributed by atoms with van der Waals surface area (Å²) in [6.07, 6.45) is 0. The van der Waals surface area contributed by atoms with Crippen LogP contribution in [0.2, 0.25) is 0 Å². The second kappa shape index (κ2) is 2.66. The highest BCUT2D eigenvalue weighted by Crippen LogP contribution is 2.10. The first-order valence-electron chi connectivity index (χ1n) is 4.62. The highest BCUT2D eigenvalue weighted by molar-refractivity contribution is 5.96. The molecular weight excluding hydrogens is 212 g/mol. The summed E-state index contributed by atoms with van der Waals surface area (Å²) < 4.78 is 9.74. The van der Waals surface area contributed by atoms with Crippen LogP contribution in [-0.4, -0.2) is 21.9 Å². The van der Waals surface area contributed by atoms with E-state index in [9.17, 15) is 9.59 Å². The van der Waals surface area contributed by atoms with Crippen molar-refractivity contribution >= 4 is 23.5 Å². The fourth-order valence-corrected chi connectivity index (χ4v) is 1.68. The highest BCUT2D eigenvalue weighted by atomic mass is 16.5. The summed E-state index contributed by atoms with van der Waals surface area (Å²) in [6, 6.07) is 0. The molecule has 0 N–H and O–H groups in total. The molecule has 0 unspecified atom stereocenters. The van der Waals surface area contributed by atoms with Crippen LogP contribution in [-0.2, 0) is 9.47 Å². The van der Waals surface area contributed by atoms with Gasteiger partial charge in [0.2, 0.25) is 0 Å². The number of hydrogen-bond donors (Lipinski definition) is 0. The molecule has 2 aliphatic heterocycles. The average Bonchev–Trinajstić information content (AvgIpc) is 2.67. The summed E-state index contributed by atoms with van der Waals surface area (Å²) >= 11 is 0. The van der Waals surface area contributed by atoms with Crippen LogP contribution in [0.15, 0.2) is 0 Å². The maximum atomic E-state index is 11.4. The Morgan fingerprint density at radius 3 is 1.56 bits per heavy atom. The number of ether oxygens (including phenoxy) is 2. The number of cyclic esters (lactones) is 2. The molecule has 0 aromatic carbocycles. The molecule has 3 rings (SSSR count). The van der Waals surface area contributed by atoms with Gasteiger partial charge in [-0.05, 0) is 13.8 Å². The molecule has 6 heteroatoms. The third kappa shape index (κ3) is 0.955. The van der Waals surface area contributed by atoms with E-state index in [0.717, 1.165) is 0 Å². The second-order valence-corrected chi connectivity index (χ2v) is 3.51. The minimum absolute atomic E-state index is 0.133. The van der Waals surface area contributed by atoms with Crippen LogP contribution in [0.3, 0.4) is 0 Å². The lowest BCUT2D eigenvalue weighted by Crippen LogP contribution is -2.28. The number of carbonyl (C=O) groups excluding carboxylic acids is 2. The monoisotopic (exact) mass is 218 g/mol. The lowest BCUT2D eigenvalue weighted by Gasteiger charge is -1.90. The van der Waals surface area contributed by atoms with E-state index in [2.05, 4.69) is 9.97 Å². The van der Waals surface area contributed by atoms with Gasteiger partial charge in [-0.3, -0.25) is 0 Å². The number of aromatic nitrogens is 2. The molecule has 3 heterocycles. The predicted octanol–water partition coefficient (Wildman–Crippen LogP) is -0.926. The van der Waals surface area contributed by atoms with Crippen molar-refractivity contribution in [2.24, 2.45) is 0 Å². The lowest BCUT2D eigenvalue weighted by molar-refractivity contribution is 0.0689. The van der Waals surface area contributed by atoms with Crippen LogP contribution in [0.4, 0.5) is 0 Å². The summed E-state index contributed by atoms with van der Waals surface area (Å²) in [5.74, 6) is -0.384. The zero-order valence-corrected chi connectivity index (χ0v) is 8.53. The van der Waals surface area contributed by atoms with E-state index in [-0.39, 0.29) is 11.4 Å². The maximum absolute atomic E-state index is 11.4. The van der Waals surface area contributed by atoms with Crippen molar-refractivity contribution in [2.75, 3.05) is 0 Å². The summed E-state index contributed by atoms with van der Waals surface area (Å²) in [5.41, 5.74) is 0.266. The van der Waals surface area contributed by atoms with Crippen molar-refractivity contribution in [3.8, 4) is 0 Å². The predicted molar refractivity (Wildman–Crippen MR) is 50.3 cm³/mol. The Bertz CT molecular complexity index is 615. The number of esters is 2. The molecule has 1 aromatic heterocycles. The van der Waals surface area contributed by atoms with Gasteiger partial charge in [0.05, 0.1) is 0 Å². The Balaban J connectivity index is 2.47. The van der Waals surface area contributed by atoms with Gasteiger partial charge < -0.3 is 9.47 Å². The molecule has 0 saturated carbocycles. The summed E-state index contributed by atoms with van der Waals surface area (Å²) in [6.45, 7) is 3.20. The molecule has 0 bridgehead atoms. The highest BCUT2D eigenvalue weighted by Gasteiger charge is 2.29. The van der Waals surface area contributed by atoms with Crippen LogP contribution in [0.1, 0.15) is 34.8 Å². The van der Waals surface area contributed by atoms with Gasteiger partial charge >= 0.3 is 11.9 Å². The van der Waals surface area contributed by atoms with Crippen LogP contribution in [0, 0.1) is 0 Å². The van der Waals surface area contributed by atoms with E-state index in [1.165, 1.54) is 0 Å². The Labute approximate surface area is 89.2 Å². The molecule has 80 valence electrons. The van der Waals surface area contributed by atoms with Crippen molar-refractivity contribution in [3.05, 3.63) is 22.1 Å². The van der Waals surface area contributed by atoms with Gasteiger partial charge in [0, 0.05) is 0 Å². The molecule has 1 aromatic rings. The Morgan fingerprint density at radius 1 is 0.812 bits per heavy atom. The molecule has 6 nitrogen and oxygen atoms in total. The maximum Gasteiger partial charge on any atom is 0.364 e. The van der Waals surface area contributed by atoms with Gasteiger partial charge in [-0.25, -0.2) is 19.6 Å². The second-order valence-electron chi connectivity index (χ2n) is 3.51. The SMILES string of the molecule is CC1=c2nc3c(nc2C(=O)O1)=C(C)OC3=O. The number of fused-ring (bicyclic) bond motifs is 2. The third-order valence-electron chi connectivity index (χ3n) is 2.44. The first-order valence-corrected chi connectivity index (χ1v) is 4.62. The molecule has 0 atom stereocenters. The van der Waals surface area contributed by atoms with Gasteiger partial charge in [-0.2, -0.15) is 0 Å². The largest absolute Gasteiger partial charge is 0.424 e. The van der Waals surface area contributed by atoms with Crippen molar-refractivity contribution in [2.45, 2.75) is 13.8 Å². The van der Waals surface area contributed by atoms with Gasteiger partial charge in [0.15, 0.2) is 11.4 Å². The quantitative estimate of drug-likeness (QED) is 0.524. The van der Waals surface area contributed by atoms with Crippen LogP contribution >= 0.6 is 0 Å². The Kier molecular flexibility index (Phi) is 1.50. The van der Waals surface area contributed by atoms with Gasteiger partial charge in [-0.15, -0.1) is 0 Å². The Hall–Kier alpha value is -2.24. The molecule has 0 aliphatic carbocycles. The zero-order chi connectivity index (χ0) is 11.4. The number of carbonyl (C=O) groups is 2. The fourth-order valence-electron chi connectivity index (χ4n) is 1.68. The van der Waals surface area contributed by atoms with Gasteiger partial charge in [0.1, 0.15) is 22.2 Å². The molecule has 0 amide bonds. The third-order valence-corrected chi connectivity index (χ3v) is 2.44.